The quantitative estimate of drug-likeness (QED) is 0.574. The summed E-state index contributed by atoms with van der Waals surface area (Å²) in [7, 11) is 1.62. The first-order valence-corrected chi connectivity index (χ1v) is 3.12. The number of ether oxygens (including phenoxy) is 2. The minimum Gasteiger partial charge on any atom is -0.396 e. The third kappa shape index (κ3) is 1.64. The maximum absolute atomic E-state index is 8.64. The van der Waals surface area contributed by atoms with E-state index in [1.807, 2.05) is 0 Å². The zero-order chi connectivity index (χ0) is 6.69. The van der Waals surface area contributed by atoms with Crippen LogP contribution >= 0.6 is 0 Å². The molecule has 9 heavy (non-hydrogen) atoms. The summed E-state index contributed by atoms with van der Waals surface area (Å²) in [6.45, 7) is 0.842. The van der Waals surface area contributed by atoms with E-state index in [9.17, 15) is 0 Å². The van der Waals surface area contributed by atoms with Gasteiger partial charge in [0.15, 0.2) is 6.29 Å². The van der Waals surface area contributed by atoms with Crippen LogP contribution in [0, 0.1) is 5.92 Å². The molecule has 2 unspecified atom stereocenters. The van der Waals surface area contributed by atoms with E-state index in [0.717, 1.165) is 6.42 Å². The van der Waals surface area contributed by atoms with E-state index >= 15 is 0 Å². The lowest BCUT2D eigenvalue weighted by Gasteiger charge is -2.04. The van der Waals surface area contributed by atoms with Gasteiger partial charge in [0, 0.05) is 26.1 Å². The predicted molar refractivity (Wildman–Crippen MR) is 31.9 cm³/mol. The normalized spacial score (nSPS) is 35.3. The lowest BCUT2D eigenvalue weighted by molar-refractivity contribution is -0.0881. The van der Waals surface area contributed by atoms with Crippen LogP contribution in [0.2, 0.25) is 0 Å². The van der Waals surface area contributed by atoms with Crippen LogP contribution in [0.1, 0.15) is 6.42 Å². The Morgan fingerprint density at radius 2 is 2.56 bits per heavy atom. The SMILES string of the molecule is COC1CC(CO)CO1. The average molecular weight is 132 g/mol. The molecule has 0 radical (unpaired) electrons. The molecule has 0 bridgehead atoms. The van der Waals surface area contributed by atoms with E-state index < -0.39 is 0 Å². The standard InChI is InChI=1S/C6H12O3/c1-8-6-2-5(3-7)4-9-6/h5-7H,2-4H2,1H3. The molecule has 1 aliphatic heterocycles. The van der Waals surface area contributed by atoms with Gasteiger partial charge in [0.25, 0.3) is 0 Å². The van der Waals surface area contributed by atoms with E-state index in [1.54, 1.807) is 7.11 Å². The minimum absolute atomic E-state index is 0.0813. The maximum atomic E-state index is 8.64. The molecule has 54 valence electrons. The molecule has 3 nitrogen and oxygen atoms in total. The molecule has 1 saturated heterocycles. The van der Waals surface area contributed by atoms with Crippen molar-refractivity contribution >= 4 is 0 Å². The van der Waals surface area contributed by atoms with Crippen molar-refractivity contribution in [2.45, 2.75) is 12.7 Å². The van der Waals surface area contributed by atoms with Gasteiger partial charge >= 0.3 is 0 Å². The van der Waals surface area contributed by atoms with Gasteiger partial charge in [0.2, 0.25) is 0 Å². The molecule has 2 atom stereocenters. The fourth-order valence-electron chi connectivity index (χ4n) is 0.943. The fraction of sp³-hybridized carbons (Fsp3) is 1.00. The Kier molecular flexibility index (Phi) is 2.45. The summed E-state index contributed by atoms with van der Waals surface area (Å²) in [5.41, 5.74) is 0. The zero-order valence-corrected chi connectivity index (χ0v) is 5.54. The van der Waals surface area contributed by atoms with Crippen molar-refractivity contribution in [3.63, 3.8) is 0 Å². The molecule has 0 spiro atoms. The summed E-state index contributed by atoms with van der Waals surface area (Å²) in [4.78, 5) is 0. The second-order valence-electron chi connectivity index (χ2n) is 2.28. The Bertz CT molecular complexity index is 74.4. The fourth-order valence-corrected chi connectivity index (χ4v) is 0.943. The molecule has 0 aromatic rings. The maximum Gasteiger partial charge on any atom is 0.157 e. The van der Waals surface area contributed by atoms with Crippen molar-refractivity contribution in [3.05, 3.63) is 0 Å². The number of methoxy groups -OCH3 is 1. The first-order valence-electron chi connectivity index (χ1n) is 3.12. The molecule has 1 rings (SSSR count). The lowest BCUT2D eigenvalue weighted by Crippen LogP contribution is -2.07. The molecule has 1 heterocycles. The van der Waals surface area contributed by atoms with Gasteiger partial charge in [0.05, 0.1) is 6.61 Å². The van der Waals surface area contributed by atoms with Crippen LogP contribution in [-0.2, 0) is 9.47 Å². The summed E-state index contributed by atoms with van der Waals surface area (Å²) in [6, 6.07) is 0. The monoisotopic (exact) mass is 132 g/mol. The highest BCUT2D eigenvalue weighted by atomic mass is 16.7. The molecule has 1 aliphatic rings. The number of rotatable bonds is 2. The summed E-state index contributed by atoms with van der Waals surface area (Å²) in [5.74, 6) is 0.287. The third-order valence-corrected chi connectivity index (χ3v) is 1.56. The summed E-state index contributed by atoms with van der Waals surface area (Å²) in [6.07, 6.45) is 0.745. The molecule has 1 N–H and O–H groups in total. The van der Waals surface area contributed by atoms with Crippen molar-refractivity contribution in [2.24, 2.45) is 5.92 Å². The van der Waals surface area contributed by atoms with Gasteiger partial charge in [-0.2, -0.15) is 0 Å². The molecular formula is C6H12O3. The number of hydrogen-bond donors (Lipinski definition) is 1. The summed E-state index contributed by atoms with van der Waals surface area (Å²) >= 11 is 0. The Morgan fingerprint density at radius 3 is 2.89 bits per heavy atom. The second kappa shape index (κ2) is 3.15. The van der Waals surface area contributed by atoms with Crippen LogP contribution in [0.25, 0.3) is 0 Å². The van der Waals surface area contributed by atoms with Gasteiger partial charge in [-0.1, -0.05) is 0 Å². The largest absolute Gasteiger partial charge is 0.396 e. The van der Waals surface area contributed by atoms with Crippen molar-refractivity contribution in [3.8, 4) is 0 Å². The Hall–Kier alpha value is -0.120. The van der Waals surface area contributed by atoms with Gasteiger partial charge in [-0.15, -0.1) is 0 Å². The van der Waals surface area contributed by atoms with E-state index in [1.165, 1.54) is 0 Å². The molecule has 0 amide bonds. The molecule has 1 fully saturated rings. The Labute approximate surface area is 54.6 Å². The van der Waals surface area contributed by atoms with Crippen LogP contribution < -0.4 is 0 Å². The molecular weight excluding hydrogens is 120 g/mol. The van der Waals surface area contributed by atoms with Gasteiger partial charge in [0.1, 0.15) is 0 Å². The van der Waals surface area contributed by atoms with Crippen LogP contribution in [0.5, 0.6) is 0 Å². The smallest absolute Gasteiger partial charge is 0.157 e. The molecule has 0 aliphatic carbocycles. The Morgan fingerprint density at radius 1 is 1.78 bits per heavy atom. The first-order chi connectivity index (χ1) is 4.36. The highest BCUT2D eigenvalue weighted by Gasteiger charge is 2.23. The molecule has 3 heteroatoms. The number of hydrogen-bond acceptors (Lipinski definition) is 3. The van der Waals surface area contributed by atoms with Gasteiger partial charge in [-0.05, 0) is 0 Å². The zero-order valence-electron chi connectivity index (χ0n) is 5.54. The minimum atomic E-state index is -0.0813. The average Bonchev–Trinajstić information content (AvgIpc) is 2.34. The summed E-state index contributed by atoms with van der Waals surface area (Å²) in [5, 5.41) is 8.64. The topological polar surface area (TPSA) is 38.7 Å². The third-order valence-electron chi connectivity index (χ3n) is 1.56. The van der Waals surface area contributed by atoms with E-state index in [2.05, 4.69) is 0 Å². The van der Waals surface area contributed by atoms with E-state index in [4.69, 9.17) is 14.6 Å². The highest BCUT2D eigenvalue weighted by Crippen LogP contribution is 2.18. The lowest BCUT2D eigenvalue weighted by atomic mass is 10.1. The highest BCUT2D eigenvalue weighted by molar-refractivity contribution is 4.65. The summed E-state index contributed by atoms with van der Waals surface area (Å²) < 4.78 is 10.0. The molecule has 0 aromatic heterocycles. The first kappa shape index (κ1) is 6.99. The van der Waals surface area contributed by atoms with E-state index in [-0.39, 0.29) is 18.8 Å². The van der Waals surface area contributed by atoms with Crippen LogP contribution in [0.4, 0.5) is 0 Å². The van der Waals surface area contributed by atoms with Crippen LogP contribution in [0.15, 0.2) is 0 Å². The van der Waals surface area contributed by atoms with E-state index in [0.29, 0.717) is 6.61 Å². The van der Waals surface area contributed by atoms with Crippen molar-refractivity contribution in [1.82, 2.24) is 0 Å². The van der Waals surface area contributed by atoms with Crippen molar-refractivity contribution in [1.29, 1.82) is 0 Å². The predicted octanol–water partition coefficient (Wildman–Crippen LogP) is -0.0123. The van der Waals surface area contributed by atoms with Gasteiger partial charge in [-0.25, -0.2) is 0 Å². The van der Waals surface area contributed by atoms with Gasteiger partial charge < -0.3 is 14.6 Å². The van der Waals surface area contributed by atoms with Crippen LogP contribution in [-0.4, -0.2) is 31.7 Å². The molecule has 0 saturated carbocycles. The number of aliphatic hydroxyl groups excluding tert-OH is 1. The van der Waals surface area contributed by atoms with Crippen molar-refractivity contribution < 1.29 is 14.6 Å². The van der Waals surface area contributed by atoms with Gasteiger partial charge in [-0.3, -0.25) is 0 Å². The number of aliphatic hydroxyl groups is 1. The van der Waals surface area contributed by atoms with Crippen molar-refractivity contribution in [2.75, 3.05) is 20.3 Å². The molecule has 0 aromatic carbocycles. The Balaban J connectivity index is 2.20. The second-order valence-corrected chi connectivity index (χ2v) is 2.28. The van der Waals surface area contributed by atoms with Crippen LogP contribution in [0.3, 0.4) is 0 Å².